The van der Waals surface area contributed by atoms with Gasteiger partial charge in [-0.25, -0.2) is 0 Å². The van der Waals surface area contributed by atoms with Crippen LogP contribution in [-0.4, -0.2) is 17.5 Å². The highest BCUT2D eigenvalue weighted by molar-refractivity contribution is 6.28. The molecule has 0 bridgehead atoms. The smallest absolute Gasteiger partial charge is 0.196 e. The fraction of sp³-hybridized carbons (Fsp3) is 0.130. The molecule has 0 unspecified atom stereocenters. The van der Waals surface area contributed by atoms with Gasteiger partial charge in [-0.05, 0) is 32.0 Å². The van der Waals surface area contributed by atoms with E-state index in [1.165, 1.54) is 5.56 Å². The van der Waals surface area contributed by atoms with Crippen LogP contribution in [0.4, 0.5) is 17.1 Å². The summed E-state index contributed by atoms with van der Waals surface area (Å²) < 4.78 is 5.71. The van der Waals surface area contributed by atoms with Gasteiger partial charge < -0.3 is 15.2 Å². The first-order valence-corrected chi connectivity index (χ1v) is 9.35. The number of nitrogens with one attached hydrogen (secondary N) is 2. The van der Waals surface area contributed by atoms with Crippen molar-refractivity contribution in [3.8, 4) is 11.3 Å². The average molecular weight is 369 g/mol. The molecular formula is C23H19N3O2. The molecule has 1 aromatic heterocycles. The number of hydrogen-bond acceptors (Lipinski definition) is 5. The molecule has 2 N–H and O–H groups in total. The summed E-state index contributed by atoms with van der Waals surface area (Å²) >= 11 is 0. The Morgan fingerprint density at radius 1 is 1.00 bits per heavy atom. The summed E-state index contributed by atoms with van der Waals surface area (Å²) in [5.74, 6) is 0.626. The molecule has 0 amide bonds. The Bertz CT molecular complexity index is 1220. The van der Waals surface area contributed by atoms with Gasteiger partial charge in [0.25, 0.3) is 0 Å². The highest BCUT2D eigenvalue weighted by Gasteiger charge is 2.32. The van der Waals surface area contributed by atoms with E-state index in [4.69, 9.17) is 4.52 Å². The van der Waals surface area contributed by atoms with Crippen LogP contribution >= 0.6 is 0 Å². The monoisotopic (exact) mass is 369 g/mol. The molecule has 1 aliphatic carbocycles. The summed E-state index contributed by atoms with van der Waals surface area (Å²) in [5.41, 5.74) is 6.41. The zero-order chi connectivity index (χ0) is 19.3. The molecular weight excluding hydrogens is 350 g/mol. The number of carbonyl (C=O) groups excluding carboxylic acids is 1. The van der Waals surface area contributed by atoms with E-state index >= 15 is 0 Å². The minimum absolute atomic E-state index is 0.0195. The lowest BCUT2D eigenvalue weighted by atomic mass is 9.86. The Labute approximate surface area is 162 Å². The van der Waals surface area contributed by atoms with E-state index in [-0.39, 0.29) is 5.78 Å². The zero-order valence-corrected chi connectivity index (χ0v) is 15.7. The van der Waals surface area contributed by atoms with Gasteiger partial charge in [-0.2, -0.15) is 0 Å². The van der Waals surface area contributed by atoms with Gasteiger partial charge in [-0.1, -0.05) is 47.1 Å². The van der Waals surface area contributed by atoms with Gasteiger partial charge in [-0.3, -0.25) is 4.79 Å². The SMILES string of the molecule is CCNc1cc(Nc2ccc(C)cc2)c2c3c(onc13)-c1ccccc1C2=O. The van der Waals surface area contributed by atoms with E-state index in [1.54, 1.807) is 0 Å². The normalized spacial score (nSPS) is 12.1. The van der Waals surface area contributed by atoms with Crippen molar-refractivity contribution in [1.82, 2.24) is 5.16 Å². The van der Waals surface area contributed by atoms with Crippen molar-refractivity contribution in [2.45, 2.75) is 13.8 Å². The number of ketones is 1. The minimum atomic E-state index is -0.0195. The van der Waals surface area contributed by atoms with E-state index in [1.807, 2.05) is 68.4 Å². The predicted octanol–water partition coefficient (Wildman–Crippen LogP) is 5.52. The third-order valence-electron chi connectivity index (χ3n) is 5.10. The molecule has 5 heteroatoms. The topological polar surface area (TPSA) is 67.2 Å². The number of nitrogens with zero attached hydrogens (tertiary/aromatic N) is 1. The van der Waals surface area contributed by atoms with E-state index < -0.39 is 0 Å². The number of fused-ring (bicyclic) bond motifs is 2. The third kappa shape index (κ3) is 2.40. The van der Waals surface area contributed by atoms with Crippen LogP contribution in [0.1, 0.15) is 28.4 Å². The van der Waals surface area contributed by atoms with Gasteiger partial charge in [0.1, 0.15) is 5.52 Å². The van der Waals surface area contributed by atoms with E-state index in [0.717, 1.165) is 34.6 Å². The lowest BCUT2D eigenvalue weighted by Gasteiger charge is -2.19. The van der Waals surface area contributed by atoms with Crippen molar-refractivity contribution >= 4 is 33.7 Å². The van der Waals surface area contributed by atoms with Crippen LogP contribution in [0.25, 0.3) is 22.2 Å². The molecule has 0 spiro atoms. The summed E-state index contributed by atoms with van der Waals surface area (Å²) in [5, 5.41) is 11.8. The molecule has 5 nitrogen and oxygen atoms in total. The Morgan fingerprint density at radius 3 is 2.50 bits per heavy atom. The van der Waals surface area contributed by atoms with Gasteiger partial charge in [0.2, 0.25) is 0 Å². The first-order valence-electron chi connectivity index (χ1n) is 9.35. The Kier molecular flexibility index (Phi) is 3.69. The average Bonchev–Trinajstić information content (AvgIpc) is 3.15. The molecule has 138 valence electrons. The van der Waals surface area contributed by atoms with Gasteiger partial charge >= 0.3 is 0 Å². The lowest BCUT2D eigenvalue weighted by molar-refractivity contribution is 0.104. The minimum Gasteiger partial charge on any atom is -0.383 e. The molecule has 0 aliphatic heterocycles. The Balaban J connectivity index is 1.78. The highest BCUT2D eigenvalue weighted by atomic mass is 16.5. The van der Waals surface area contributed by atoms with Crippen molar-refractivity contribution in [3.05, 3.63) is 71.3 Å². The summed E-state index contributed by atoms with van der Waals surface area (Å²) in [6.45, 7) is 4.82. The van der Waals surface area contributed by atoms with Crippen LogP contribution < -0.4 is 10.6 Å². The van der Waals surface area contributed by atoms with Crippen LogP contribution in [-0.2, 0) is 0 Å². The molecule has 5 rings (SSSR count). The number of aryl methyl sites for hydroxylation is 1. The number of anilines is 3. The number of aromatic nitrogens is 1. The molecule has 1 heterocycles. The molecule has 3 aromatic carbocycles. The van der Waals surface area contributed by atoms with E-state index in [0.29, 0.717) is 22.4 Å². The molecule has 0 fully saturated rings. The van der Waals surface area contributed by atoms with Crippen molar-refractivity contribution < 1.29 is 9.32 Å². The fourth-order valence-electron chi connectivity index (χ4n) is 3.78. The Hall–Kier alpha value is -3.60. The maximum atomic E-state index is 13.4. The van der Waals surface area contributed by atoms with Crippen molar-refractivity contribution in [2.75, 3.05) is 17.2 Å². The molecule has 0 saturated heterocycles. The van der Waals surface area contributed by atoms with Gasteiger partial charge in [0.15, 0.2) is 11.5 Å². The molecule has 0 saturated carbocycles. The number of hydrogen-bond donors (Lipinski definition) is 2. The number of carbonyl (C=O) groups is 1. The number of benzene rings is 3. The second-order valence-corrected chi connectivity index (χ2v) is 6.98. The second-order valence-electron chi connectivity index (χ2n) is 6.98. The summed E-state index contributed by atoms with van der Waals surface area (Å²) in [6, 6.07) is 17.6. The van der Waals surface area contributed by atoms with Crippen LogP contribution in [0.5, 0.6) is 0 Å². The van der Waals surface area contributed by atoms with E-state index in [2.05, 4.69) is 15.8 Å². The summed E-state index contributed by atoms with van der Waals surface area (Å²) in [4.78, 5) is 13.4. The predicted molar refractivity (Wildman–Crippen MR) is 112 cm³/mol. The highest BCUT2D eigenvalue weighted by Crippen LogP contribution is 2.45. The van der Waals surface area contributed by atoms with Crippen LogP contribution in [0.2, 0.25) is 0 Å². The second kappa shape index (κ2) is 6.23. The molecule has 0 radical (unpaired) electrons. The van der Waals surface area contributed by atoms with Crippen molar-refractivity contribution in [2.24, 2.45) is 0 Å². The largest absolute Gasteiger partial charge is 0.383 e. The standard InChI is InChI=1S/C23H19N3O2/c1-3-24-18-12-17(25-14-10-8-13(2)9-11-14)19-20-21(18)26-28-23(20)16-7-5-4-6-15(16)22(19)27/h4-12,24-25H,3H2,1-2H3. The Morgan fingerprint density at radius 2 is 1.75 bits per heavy atom. The maximum absolute atomic E-state index is 13.4. The van der Waals surface area contributed by atoms with Gasteiger partial charge in [-0.15, -0.1) is 0 Å². The van der Waals surface area contributed by atoms with Crippen molar-refractivity contribution in [3.63, 3.8) is 0 Å². The zero-order valence-electron chi connectivity index (χ0n) is 15.7. The lowest BCUT2D eigenvalue weighted by Crippen LogP contribution is -2.12. The summed E-state index contributed by atoms with van der Waals surface area (Å²) in [6.07, 6.45) is 0. The first kappa shape index (κ1) is 16.6. The molecule has 0 atom stereocenters. The van der Waals surface area contributed by atoms with Gasteiger partial charge in [0.05, 0.1) is 22.3 Å². The van der Waals surface area contributed by atoms with Crippen LogP contribution in [0.15, 0.2) is 59.1 Å². The summed E-state index contributed by atoms with van der Waals surface area (Å²) in [7, 11) is 0. The quantitative estimate of drug-likeness (QED) is 0.436. The molecule has 4 aromatic rings. The molecule has 28 heavy (non-hydrogen) atoms. The third-order valence-corrected chi connectivity index (χ3v) is 5.10. The first-order chi connectivity index (χ1) is 13.7. The fourth-order valence-corrected chi connectivity index (χ4v) is 3.78. The van der Waals surface area contributed by atoms with Gasteiger partial charge in [0, 0.05) is 23.4 Å². The maximum Gasteiger partial charge on any atom is 0.196 e. The van der Waals surface area contributed by atoms with Crippen LogP contribution in [0.3, 0.4) is 0 Å². The number of rotatable bonds is 4. The molecule has 1 aliphatic rings. The van der Waals surface area contributed by atoms with Crippen molar-refractivity contribution in [1.29, 1.82) is 0 Å². The van der Waals surface area contributed by atoms with Crippen LogP contribution in [0, 0.1) is 6.92 Å². The van der Waals surface area contributed by atoms with E-state index in [9.17, 15) is 4.79 Å².